The molecular formula is C12H18N2O2. The molecule has 88 valence electrons. The van der Waals surface area contributed by atoms with Gasteiger partial charge in [-0.2, -0.15) is 0 Å². The summed E-state index contributed by atoms with van der Waals surface area (Å²) in [7, 11) is 0. The Labute approximate surface area is 95.2 Å². The van der Waals surface area contributed by atoms with Gasteiger partial charge in [0.15, 0.2) is 0 Å². The predicted octanol–water partition coefficient (Wildman–Crippen LogP) is 0.651. The first-order valence-corrected chi connectivity index (χ1v) is 6.31. The summed E-state index contributed by atoms with van der Waals surface area (Å²) < 4.78 is 0. The Morgan fingerprint density at radius 2 is 1.50 bits per heavy atom. The highest BCUT2D eigenvalue weighted by Crippen LogP contribution is 2.41. The molecule has 0 radical (unpaired) electrons. The van der Waals surface area contributed by atoms with Crippen LogP contribution >= 0.6 is 0 Å². The van der Waals surface area contributed by atoms with E-state index in [1.165, 1.54) is 0 Å². The van der Waals surface area contributed by atoms with Gasteiger partial charge in [-0.25, -0.2) is 0 Å². The van der Waals surface area contributed by atoms with Crippen molar-refractivity contribution in [2.75, 3.05) is 0 Å². The van der Waals surface area contributed by atoms with Crippen molar-refractivity contribution >= 4 is 11.8 Å². The minimum absolute atomic E-state index is 0.00178. The van der Waals surface area contributed by atoms with Crippen molar-refractivity contribution in [3.8, 4) is 0 Å². The van der Waals surface area contributed by atoms with Crippen molar-refractivity contribution in [1.29, 1.82) is 0 Å². The summed E-state index contributed by atoms with van der Waals surface area (Å²) in [6.07, 6.45) is 5.61. The van der Waals surface area contributed by atoms with Crippen molar-refractivity contribution in [2.24, 2.45) is 17.6 Å². The molecule has 0 aromatic heterocycles. The van der Waals surface area contributed by atoms with Crippen LogP contribution in [-0.2, 0) is 9.59 Å². The third-order valence-corrected chi connectivity index (χ3v) is 4.39. The second-order valence-corrected chi connectivity index (χ2v) is 5.43. The van der Waals surface area contributed by atoms with Crippen LogP contribution in [0, 0.1) is 11.8 Å². The van der Waals surface area contributed by atoms with Crippen molar-refractivity contribution in [3.05, 3.63) is 0 Å². The largest absolute Gasteiger partial charge is 0.328 e. The Morgan fingerprint density at radius 3 is 1.94 bits per heavy atom. The number of carbonyl (C=O) groups is 2. The fourth-order valence-corrected chi connectivity index (χ4v) is 3.39. The van der Waals surface area contributed by atoms with Crippen LogP contribution in [0.3, 0.4) is 0 Å². The molecule has 0 aromatic rings. The van der Waals surface area contributed by atoms with Crippen molar-refractivity contribution < 1.29 is 9.59 Å². The number of rotatable bonds is 1. The maximum atomic E-state index is 12.2. The zero-order chi connectivity index (χ0) is 11.3. The van der Waals surface area contributed by atoms with E-state index in [9.17, 15) is 9.59 Å². The molecule has 2 unspecified atom stereocenters. The molecule has 1 saturated heterocycles. The van der Waals surface area contributed by atoms with Gasteiger partial charge in [0.25, 0.3) is 0 Å². The summed E-state index contributed by atoms with van der Waals surface area (Å²) in [6, 6.07) is 0.300. The minimum atomic E-state index is -0.00178. The van der Waals surface area contributed by atoms with Crippen LogP contribution in [0.4, 0.5) is 0 Å². The Morgan fingerprint density at radius 1 is 1.00 bits per heavy atom. The van der Waals surface area contributed by atoms with E-state index in [-0.39, 0.29) is 35.7 Å². The summed E-state index contributed by atoms with van der Waals surface area (Å²) in [5, 5.41) is 0. The lowest BCUT2D eigenvalue weighted by Crippen LogP contribution is -2.53. The molecule has 4 heteroatoms. The summed E-state index contributed by atoms with van der Waals surface area (Å²) in [5.74, 6) is 0.175. The van der Waals surface area contributed by atoms with E-state index in [2.05, 4.69) is 0 Å². The molecule has 1 heterocycles. The third-order valence-electron chi connectivity index (χ3n) is 4.39. The molecule has 2 aliphatic carbocycles. The number of nitrogens with two attached hydrogens (primary N) is 1. The van der Waals surface area contributed by atoms with Gasteiger partial charge in [-0.05, 0) is 25.7 Å². The molecule has 3 aliphatic rings. The molecule has 3 rings (SSSR count). The van der Waals surface area contributed by atoms with Gasteiger partial charge >= 0.3 is 0 Å². The number of nitrogens with zero attached hydrogens (tertiary/aromatic N) is 1. The molecule has 16 heavy (non-hydrogen) atoms. The number of imide groups is 1. The van der Waals surface area contributed by atoms with E-state index in [1.807, 2.05) is 0 Å². The topological polar surface area (TPSA) is 63.4 Å². The standard InChI is InChI=1S/C12H18N2O2/c13-7-5-8(6-7)14-11(15)9-3-1-2-4-10(9)12(14)16/h7-10H,1-6,13H2. The van der Waals surface area contributed by atoms with Crippen LogP contribution in [0.5, 0.6) is 0 Å². The summed E-state index contributed by atoms with van der Waals surface area (Å²) in [4.78, 5) is 25.9. The lowest BCUT2D eigenvalue weighted by molar-refractivity contribution is -0.144. The van der Waals surface area contributed by atoms with Crippen LogP contribution in [0.25, 0.3) is 0 Å². The van der Waals surface area contributed by atoms with Crippen molar-refractivity contribution in [3.63, 3.8) is 0 Å². The summed E-state index contributed by atoms with van der Waals surface area (Å²) in [6.45, 7) is 0. The van der Waals surface area contributed by atoms with Crippen LogP contribution in [-0.4, -0.2) is 28.8 Å². The van der Waals surface area contributed by atoms with Gasteiger partial charge in [0, 0.05) is 12.1 Å². The summed E-state index contributed by atoms with van der Waals surface area (Å²) in [5.41, 5.74) is 5.72. The molecule has 4 nitrogen and oxygen atoms in total. The average Bonchev–Trinajstić information content (AvgIpc) is 2.49. The molecule has 2 amide bonds. The third kappa shape index (κ3) is 1.32. The molecule has 2 saturated carbocycles. The zero-order valence-electron chi connectivity index (χ0n) is 9.39. The van der Waals surface area contributed by atoms with Gasteiger partial charge in [-0.15, -0.1) is 0 Å². The molecule has 0 spiro atoms. The molecular weight excluding hydrogens is 204 g/mol. The smallest absolute Gasteiger partial charge is 0.233 e. The van der Waals surface area contributed by atoms with Gasteiger partial charge in [0.1, 0.15) is 0 Å². The van der Waals surface area contributed by atoms with E-state index >= 15 is 0 Å². The number of likely N-dealkylation sites (tertiary alicyclic amines) is 1. The monoisotopic (exact) mass is 222 g/mol. The number of carbonyl (C=O) groups excluding carboxylic acids is 2. The number of hydrogen-bond donors (Lipinski definition) is 1. The molecule has 3 fully saturated rings. The summed E-state index contributed by atoms with van der Waals surface area (Å²) >= 11 is 0. The number of hydrogen-bond acceptors (Lipinski definition) is 3. The van der Waals surface area contributed by atoms with E-state index in [0.29, 0.717) is 0 Å². The van der Waals surface area contributed by atoms with Gasteiger partial charge in [0.2, 0.25) is 11.8 Å². The van der Waals surface area contributed by atoms with Crippen LogP contribution in [0.1, 0.15) is 38.5 Å². The van der Waals surface area contributed by atoms with Crippen LogP contribution in [0.2, 0.25) is 0 Å². The highest BCUT2D eigenvalue weighted by molar-refractivity contribution is 6.05. The van der Waals surface area contributed by atoms with E-state index in [4.69, 9.17) is 5.73 Å². The first-order chi connectivity index (χ1) is 7.68. The quantitative estimate of drug-likeness (QED) is 0.663. The number of amides is 2. The lowest BCUT2D eigenvalue weighted by Gasteiger charge is -2.38. The van der Waals surface area contributed by atoms with Gasteiger partial charge in [-0.1, -0.05) is 12.8 Å². The average molecular weight is 222 g/mol. The molecule has 0 bridgehead atoms. The SMILES string of the molecule is NC1CC(N2C(=O)C3CCCCC3C2=O)C1. The van der Waals surface area contributed by atoms with Crippen LogP contribution < -0.4 is 5.73 Å². The van der Waals surface area contributed by atoms with E-state index in [1.54, 1.807) is 4.90 Å². The van der Waals surface area contributed by atoms with Gasteiger partial charge in [-0.3, -0.25) is 14.5 Å². The Bertz CT molecular complexity index is 312. The van der Waals surface area contributed by atoms with Gasteiger partial charge in [0.05, 0.1) is 11.8 Å². The number of fused-ring (bicyclic) bond motifs is 1. The Balaban J connectivity index is 1.79. The maximum Gasteiger partial charge on any atom is 0.233 e. The maximum absolute atomic E-state index is 12.2. The van der Waals surface area contributed by atoms with Crippen molar-refractivity contribution in [2.45, 2.75) is 50.6 Å². The molecule has 2 N–H and O–H groups in total. The lowest BCUT2D eigenvalue weighted by atomic mass is 9.81. The Kier molecular flexibility index (Phi) is 2.28. The van der Waals surface area contributed by atoms with E-state index in [0.717, 1.165) is 38.5 Å². The second kappa shape index (κ2) is 3.55. The molecule has 1 aliphatic heterocycles. The normalized spacial score (nSPS) is 43.2. The fourth-order valence-electron chi connectivity index (χ4n) is 3.39. The van der Waals surface area contributed by atoms with Crippen molar-refractivity contribution in [1.82, 2.24) is 4.90 Å². The van der Waals surface area contributed by atoms with E-state index < -0.39 is 0 Å². The Hall–Kier alpha value is -0.900. The first-order valence-electron chi connectivity index (χ1n) is 6.31. The highest BCUT2D eigenvalue weighted by Gasteiger charge is 2.52. The van der Waals surface area contributed by atoms with Gasteiger partial charge < -0.3 is 5.73 Å². The molecule has 2 atom stereocenters. The van der Waals surface area contributed by atoms with Crippen LogP contribution in [0.15, 0.2) is 0 Å². The minimum Gasteiger partial charge on any atom is -0.328 e. The zero-order valence-corrected chi connectivity index (χ0v) is 9.39. The predicted molar refractivity (Wildman–Crippen MR) is 58.3 cm³/mol. The highest BCUT2D eigenvalue weighted by atomic mass is 16.2. The molecule has 0 aromatic carbocycles. The first kappa shape index (κ1) is 10.3. The fraction of sp³-hybridized carbons (Fsp3) is 0.833. The second-order valence-electron chi connectivity index (χ2n) is 5.43.